The minimum absolute atomic E-state index is 0.0379. The minimum Gasteiger partial charge on any atom is -0.379 e. The number of Topliss-reactive ketones (excluding diaryl/α,β-unsaturated/α-hetero) is 1. The minimum atomic E-state index is -4.43. The van der Waals surface area contributed by atoms with Crippen molar-refractivity contribution >= 4 is 39.5 Å². The van der Waals surface area contributed by atoms with Gasteiger partial charge in [-0.3, -0.25) is 14.3 Å². The Balaban J connectivity index is 1.46. The standard InChI is InChI=1S/C22H17F3N6O5S2/c23-22(24,25)37-15-3-1-13(2-4-15)10-31-6-5-17(30-31)20(33)16-9-27-12-28-21(16)29-18-7-14(8-19(18)32)11-36-38(26,34)35/h1,3,5-6,9,11-12,18H,7-8,10H2,(H2,26,34,35)(H,27,28,29)/b14-11-/t18-/m1/s1. The zero-order chi connectivity index (χ0) is 27.5. The van der Waals surface area contributed by atoms with Crippen LogP contribution in [0.25, 0.3) is 0 Å². The summed E-state index contributed by atoms with van der Waals surface area (Å²) in [5.41, 5.74) is 1.63. The zero-order valence-electron chi connectivity index (χ0n) is 19.1. The first-order chi connectivity index (χ1) is 17.9. The highest BCUT2D eigenvalue weighted by Gasteiger charge is 2.31. The van der Waals surface area contributed by atoms with E-state index in [0.717, 1.165) is 6.26 Å². The normalized spacial score (nSPS) is 18.5. The number of ketones is 2. The van der Waals surface area contributed by atoms with Crippen molar-refractivity contribution in [3.05, 3.63) is 82.0 Å². The fourth-order valence-electron chi connectivity index (χ4n) is 3.49. The van der Waals surface area contributed by atoms with E-state index in [1.54, 1.807) is 0 Å². The van der Waals surface area contributed by atoms with Crippen LogP contribution in [0.15, 0.2) is 70.7 Å². The number of nitrogens with one attached hydrogen (secondary N) is 1. The summed E-state index contributed by atoms with van der Waals surface area (Å²) < 4.78 is 65.2. The van der Waals surface area contributed by atoms with Gasteiger partial charge < -0.3 is 9.50 Å². The van der Waals surface area contributed by atoms with Gasteiger partial charge in [0.1, 0.15) is 24.1 Å². The van der Waals surface area contributed by atoms with Gasteiger partial charge in [-0.25, -0.2) is 9.97 Å². The summed E-state index contributed by atoms with van der Waals surface area (Å²) in [5, 5.41) is 11.9. The van der Waals surface area contributed by atoms with Crippen LogP contribution in [0.3, 0.4) is 0 Å². The maximum Gasteiger partial charge on any atom is 0.447 e. The molecule has 2 heterocycles. The molecule has 0 spiro atoms. The molecule has 1 saturated carbocycles. The second kappa shape index (κ2) is 10.8. The van der Waals surface area contributed by atoms with Crippen molar-refractivity contribution in [3.63, 3.8) is 0 Å². The van der Waals surface area contributed by atoms with Gasteiger partial charge in [0.15, 0.2) is 5.78 Å². The predicted molar refractivity (Wildman–Crippen MR) is 128 cm³/mol. The fraction of sp³-hybridized carbons (Fsp3) is 0.227. The number of rotatable bonds is 9. The van der Waals surface area contributed by atoms with Gasteiger partial charge >= 0.3 is 15.8 Å². The lowest BCUT2D eigenvalue weighted by Crippen LogP contribution is -2.25. The highest BCUT2D eigenvalue weighted by atomic mass is 32.2. The Kier molecular flexibility index (Phi) is 7.71. The number of hydrogen-bond acceptors (Lipinski definition) is 10. The molecule has 2 aromatic heterocycles. The van der Waals surface area contributed by atoms with Crippen molar-refractivity contribution in [1.82, 2.24) is 19.7 Å². The van der Waals surface area contributed by atoms with Gasteiger partial charge in [0.25, 0.3) is 0 Å². The van der Waals surface area contributed by atoms with E-state index in [4.69, 9.17) is 5.14 Å². The largest absolute Gasteiger partial charge is 0.447 e. The first-order valence-electron chi connectivity index (χ1n) is 10.6. The smallest absolute Gasteiger partial charge is 0.379 e. The van der Waals surface area contributed by atoms with Gasteiger partial charge in [-0.2, -0.15) is 31.8 Å². The lowest BCUT2D eigenvalue weighted by atomic mass is 10.1. The van der Waals surface area contributed by atoms with Crippen LogP contribution < -0.4 is 10.5 Å². The van der Waals surface area contributed by atoms with E-state index in [1.807, 2.05) is 0 Å². The fourth-order valence-corrected chi connectivity index (χ4v) is 4.25. The Morgan fingerprint density at radius 3 is 2.82 bits per heavy atom. The van der Waals surface area contributed by atoms with Crippen LogP contribution in [0.2, 0.25) is 0 Å². The molecule has 16 heteroatoms. The monoisotopic (exact) mass is 566 g/mol. The molecule has 4 rings (SSSR count). The molecule has 0 bridgehead atoms. The molecule has 2 aromatic rings. The Bertz CT molecular complexity index is 1570. The van der Waals surface area contributed by atoms with Crippen LogP contribution in [-0.4, -0.2) is 51.3 Å². The van der Waals surface area contributed by atoms with Crippen LogP contribution in [0.1, 0.15) is 28.9 Å². The van der Waals surface area contributed by atoms with Crippen LogP contribution in [0.5, 0.6) is 0 Å². The highest BCUT2D eigenvalue weighted by Crippen LogP contribution is 2.37. The van der Waals surface area contributed by atoms with Crippen molar-refractivity contribution < 1.29 is 35.4 Å². The van der Waals surface area contributed by atoms with Gasteiger partial charge in [-0.1, -0.05) is 11.5 Å². The third kappa shape index (κ3) is 7.31. The average molecular weight is 567 g/mol. The molecule has 3 N–H and O–H groups in total. The summed E-state index contributed by atoms with van der Waals surface area (Å²) in [4.78, 5) is 33.3. The van der Waals surface area contributed by atoms with E-state index in [-0.39, 0.29) is 58.9 Å². The summed E-state index contributed by atoms with van der Waals surface area (Å²) >= 11 is -0.294. The van der Waals surface area contributed by atoms with E-state index in [1.165, 1.54) is 41.6 Å². The second-order valence-corrected chi connectivity index (χ2v) is 10.2. The number of halogens is 3. The van der Waals surface area contributed by atoms with E-state index >= 15 is 0 Å². The summed E-state index contributed by atoms with van der Waals surface area (Å²) in [6.07, 6.45) is 7.62. The van der Waals surface area contributed by atoms with Gasteiger partial charge in [-0.15, -0.1) is 0 Å². The molecule has 1 fully saturated rings. The number of hydrogen-bond donors (Lipinski definition) is 2. The molecule has 2 aliphatic carbocycles. The van der Waals surface area contributed by atoms with Gasteiger partial charge in [0.05, 0.1) is 23.1 Å². The third-order valence-electron chi connectivity index (χ3n) is 5.09. The number of alkyl halides is 3. The molecule has 38 heavy (non-hydrogen) atoms. The first-order valence-corrected chi connectivity index (χ1v) is 12.9. The average Bonchev–Trinajstić information content (AvgIpc) is 3.44. The topological polar surface area (TPSA) is 159 Å². The molecule has 1 atom stereocenters. The zero-order valence-corrected chi connectivity index (χ0v) is 20.7. The van der Waals surface area contributed by atoms with E-state index in [9.17, 15) is 31.2 Å². The lowest BCUT2D eigenvalue weighted by Gasteiger charge is -2.13. The molecular formula is C22H17F3N6O5S2. The van der Waals surface area contributed by atoms with Crippen molar-refractivity contribution in [2.45, 2.75) is 30.9 Å². The quantitative estimate of drug-likeness (QED) is 0.262. The van der Waals surface area contributed by atoms with E-state index in [2.05, 4.69) is 36.0 Å². The Morgan fingerprint density at radius 2 is 2.13 bits per heavy atom. The SMILES string of the molecule is NS(=O)(=O)O/C=C1\CC(=O)[C@H](Nc2ncncc2C(=O)c2ccn(CC3=C=C=C(SC(F)(F)F)C=C3)n2)C1. The van der Waals surface area contributed by atoms with Crippen molar-refractivity contribution in [2.24, 2.45) is 5.14 Å². The molecule has 0 radical (unpaired) electrons. The van der Waals surface area contributed by atoms with Gasteiger partial charge in [0.2, 0.25) is 5.78 Å². The number of anilines is 1. The van der Waals surface area contributed by atoms with Gasteiger partial charge in [-0.05, 0) is 42.0 Å². The molecule has 11 nitrogen and oxygen atoms in total. The third-order valence-corrected chi connectivity index (χ3v) is 6.14. The number of thioether (sulfide) groups is 1. The Labute approximate surface area is 217 Å². The number of nitrogens with two attached hydrogens (primary N) is 1. The van der Waals surface area contributed by atoms with Crippen LogP contribution in [0, 0.1) is 0 Å². The van der Waals surface area contributed by atoms with Crippen LogP contribution in [-0.2, 0) is 25.8 Å². The molecule has 0 saturated heterocycles. The molecule has 0 amide bonds. The molecule has 0 aromatic carbocycles. The molecule has 198 valence electrons. The Hall–Kier alpha value is -3.94. The van der Waals surface area contributed by atoms with Crippen LogP contribution >= 0.6 is 11.8 Å². The Morgan fingerprint density at radius 1 is 1.34 bits per heavy atom. The molecule has 2 aliphatic rings. The summed E-state index contributed by atoms with van der Waals surface area (Å²) in [6, 6.07) is 0.651. The number of aromatic nitrogens is 4. The maximum absolute atomic E-state index is 13.1. The predicted octanol–water partition coefficient (Wildman–Crippen LogP) is 2.54. The summed E-state index contributed by atoms with van der Waals surface area (Å²) in [7, 11) is -4.21. The lowest BCUT2D eigenvalue weighted by molar-refractivity contribution is -0.117. The van der Waals surface area contributed by atoms with Crippen LogP contribution in [0.4, 0.5) is 19.0 Å². The van der Waals surface area contributed by atoms with Crippen molar-refractivity contribution in [3.8, 4) is 0 Å². The number of nitrogens with zero attached hydrogens (tertiary/aromatic N) is 4. The highest BCUT2D eigenvalue weighted by molar-refractivity contribution is 8.04. The molecule has 0 unspecified atom stereocenters. The molecule has 0 aliphatic heterocycles. The number of carbonyl (C=O) groups is 2. The maximum atomic E-state index is 13.1. The van der Waals surface area contributed by atoms with Crippen molar-refractivity contribution in [1.29, 1.82) is 0 Å². The first kappa shape index (κ1) is 27.1. The second-order valence-electron chi connectivity index (χ2n) is 7.94. The summed E-state index contributed by atoms with van der Waals surface area (Å²) in [5.74, 6) is -0.742. The van der Waals surface area contributed by atoms with E-state index < -0.39 is 27.6 Å². The number of carbonyl (C=O) groups excluding carboxylic acids is 2. The summed E-state index contributed by atoms with van der Waals surface area (Å²) in [6.45, 7) is 0.128. The number of allylic oxidation sites excluding steroid dienone is 3. The van der Waals surface area contributed by atoms with Gasteiger partial charge in [0, 0.05) is 24.4 Å². The molecular weight excluding hydrogens is 549 g/mol. The van der Waals surface area contributed by atoms with E-state index in [0.29, 0.717) is 11.1 Å². The van der Waals surface area contributed by atoms with Crippen molar-refractivity contribution in [2.75, 3.05) is 5.32 Å².